The second-order valence-corrected chi connectivity index (χ2v) is 2.78. The summed E-state index contributed by atoms with van der Waals surface area (Å²) in [7, 11) is 0. The molecule has 0 aliphatic carbocycles. The van der Waals surface area contributed by atoms with E-state index in [0.29, 0.717) is 5.02 Å². The second-order valence-electron chi connectivity index (χ2n) is 2.34. The average Bonchev–Trinajstić information content (AvgIpc) is 1.94. The van der Waals surface area contributed by atoms with Crippen molar-refractivity contribution >= 4 is 17.4 Å². The van der Waals surface area contributed by atoms with Crippen molar-refractivity contribution in [1.29, 1.82) is 0 Å². The molecule has 0 bridgehead atoms. The maximum absolute atomic E-state index is 12.0. The summed E-state index contributed by atoms with van der Waals surface area (Å²) in [4.78, 5) is 9.44. The molecule has 0 heterocycles. The van der Waals surface area contributed by atoms with Crippen LogP contribution in [0.5, 0.6) is 0 Å². The van der Waals surface area contributed by atoms with Gasteiger partial charge in [-0.25, -0.2) is 4.39 Å². The van der Waals surface area contributed by atoms with Gasteiger partial charge in [0.1, 0.15) is 11.6 Å². The SMILES string of the molecule is CC(C)=O.Fc1ccc(Cl)cc1. The number of halogens is 2. The first-order valence-corrected chi connectivity index (χ1v) is 3.78. The minimum atomic E-state index is -0.255. The minimum absolute atomic E-state index is 0.167. The van der Waals surface area contributed by atoms with Gasteiger partial charge in [0.05, 0.1) is 0 Å². The van der Waals surface area contributed by atoms with Gasteiger partial charge in [-0.1, -0.05) is 11.6 Å². The number of carbonyl (C=O) groups excluding carboxylic acids is 1. The molecule has 3 heteroatoms. The molecule has 0 fully saturated rings. The van der Waals surface area contributed by atoms with E-state index in [4.69, 9.17) is 11.6 Å². The van der Waals surface area contributed by atoms with Crippen molar-refractivity contribution in [2.45, 2.75) is 13.8 Å². The summed E-state index contributed by atoms with van der Waals surface area (Å²) in [5, 5.41) is 0.561. The highest BCUT2D eigenvalue weighted by atomic mass is 35.5. The number of rotatable bonds is 0. The van der Waals surface area contributed by atoms with Crippen molar-refractivity contribution in [3.8, 4) is 0 Å². The fourth-order valence-electron chi connectivity index (χ4n) is 0.430. The maximum Gasteiger partial charge on any atom is 0.126 e. The monoisotopic (exact) mass is 188 g/mol. The molecule has 0 amide bonds. The molecule has 0 unspecified atom stereocenters. The Balaban J connectivity index is 0.000000261. The zero-order chi connectivity index (χ0) is 9.56. The molecular formula is C9H10ClFO. The van der Waals surface area contributed by atoms with Gasteiger partial charge in [-0.15, -0.1) is 0 Å². The average molecular weight is 189 g/mol. The van der Waals surface area contributed by atoms with E-state index < -0.39 is 0 Å². The van der Waals surface area contributed by atoms with Crippen LogP contribution in [-0.4, -0.2) is 5.78 Å². The number of hydrogen-bond acceptors (Lipinski definition) is 1. The topological polar surface area (TPSA) is 17.1 Å². The van der Waals surface area contributed by atoms with Gasteiger partial charge in [0.25, 0.3) is 0 Å². The third-order valence-electron chi connectivity index (χ3n) is 0.804. The third kappa shape index (κ3) is 7.22. The van der Waals surface area contributed by atoms with Gasteiger partial charge in [-0.05, 0) is 38.1 Å². The largest absolute Gasteiger partial charge is 0.300 e. The maximum atomic E-state index is 12.0. The van der Waals surface area contributed by atoms with Crippen LogP contribution >= 0.6 is 11.6 Å². The number of benzene rings is 1. The first kappa shape index (κ1) is 11.1. The van der Waals surface area contributed by atoms with Gasteiger partial charge >= 0.3 is 0 Å². The Bertz CT molecular complexity index is 218. The van der Waals surface area contributed by atoms with E-state index in [1.165, 1.54) is 38.1 Å². The fraction of sp³-hybridized carbons (Fsp3) is 0.222. The summed E-state index contributed by atoms with van der Waals surface area (Å²) in [5.41, 5.74) is 0. The molecule has 0 saturated carbocycles. The quantitative estimate of drug-likeness (QED) is 0.612. The highest BCUT2D eigenvalue weighted by Gasteiger charge is 1.85. The lowest BCUT2D eigenvalue weighted by molar-refractivity contribution is -0.114. The fourth-order valence-corrected chi connectivity index (χ4v) is 0.556. The second kappa shape index (κ2) is 5.72. The molecule has 0 spiro atoms. The lowest BCUT2D eigenvalue weighted by Crippen LogP contribution is -1.69. The van der Waals surface area contributed by atoms with Crippen molar-refractivity contribution in [3.05, 3.63) is 35.1 Å². The van der Waals surface area contributed by atoms with Crippen molar-refractivity contribution in [2.75, 3.05) is 0 Å². The third-order valence-corrected chi connectivity index (χ3v) is 1.06. The van der Waals surface area contributed by atoms with Crippen molar-refractivity contribution in [2.24, 2.45) is 0 Å². The Morgan fingerprint density at radius 3 is 1.83 bits per heavy atom. The molecule has 66 valence electrons. The first-order valence-electron chi connectivity index (χ1n) is 3.40. The summed E-state index contributed by atoms with van der Waals surface area (Å²) in [6, 6.07) is 5.67. The van der Waals surface area contributed by atoms with Crippen LogP contribution in [0, 0.1) is 5.82 Å². The van der Waals surface area contributed by atoms with Crippen molar-refractivity contribution < 1.29 is 9.18 Å². The van der Waals surface area contributed by atoms with Gasteiger partial charge in [0.2, 0.25) is 0 Å². The summed E-state index contributed by atoms with van der Waals surface area (Å²) < 4.78 is 12.0. The zero-order valence-electron chi connectivity index (χ0n) is 6.97. The molecule has 0 aliphatic rings. The van der Waals surface area contributed by atoms with E-state index in [1.807, 2.05) is 0 Å². The van der Waals surface area contributed by atoms with Crippen LogP contribution in [-0.2, 0) is 4.79 Å². The van der Waals surface area contributed by atoms with E-state index in [9.17, 15) is 9.18 Å². The predicted molar refractivity (Wildman–Crippen MR) is 47.8 cm³/mol. The Hall–Kier alpha value is -0.890. The van der Waals surface area contributed by atoms with E-state index in [1.54, 1.807) is 0 Å². The summed E-state index contributed by atoms with van der Waals surface area (Å²) >= 11 is 5.44. The molecule has 0 radical (unpaired) electrons. The van der Waals surface area contributed by atoms with Crippen LogP contribution in [0.1, 0.15) is 13.8 Å². The van der Waals surface area contributed by atoms with Gasteiger partial charge in [0.15, 0.2) is 0 Å². The van der Waals surface area contributed by atoms with Crippen LogP contribution < -0.4 is 0 Å². The van der Waals surface area contributed by atoms with Crippen LogP contribution in [0.25, 0.3) is 0 Å². The van der Waals surface area contributed by atoms with E-state index in [0.717, 1.165) is 0 Å². The Kier molecular flexibility index (Phi) is 5.30. The first-order chi connectivity index (χ1) is 5.52. The molecule has 12 heavy (non-hydrogen) atoms. The van der Waals surface area contributed by atoms with Crippen LogP contribution in [0.4, 0.5) is 4.39 Å². The number of ketones is 1. The van der Waals surface area contributed by atoms with E-state index in [2.05, 4.69) is 0 Å². The number of hydrogen-bond donors (Lipinski definition) is 0. The summed E-state index contributed by atoms with van der Waals surface area (Å²) in [6.07, 6.45) is 0. The van der Waals surface area contributed by atoms with E-state index in [-0.39, 0.29) is 11.6 Å². The summed E-state index contributed by atoms with van der Waals surface area (Å²) in [5.74, 6) is -0.0885. The molecule has 0 atom stereocenters. The van der Waals surface area contributed by atoms with Crippen LogP contribution in [0.2, 0.25) is 5.02 Å². The zero-order valence-corrected chi connectivity index (χ0v) is 7.73. The molecule has 1 nitrogen and oxygen atoms in total. The normalized spacial score (nSPS) is 8.33. The van der Waals surface area contributed by atoms with Crippen molar-refractivity contribution in [1.82, 2.24) is 0 Å². The van der Waals surface area contributed by atoms with Crippen molar-refractivity contribution in [3.63, 3.8) is 0 Å². The molecule has 1 aromatic carbocycles. The number of Topliss-reactive ketones (excluding diaryl/α,β-unsaturated/α-hetero) is 1. The van der Waals surface area contributed by atoms with Gasteiger partial charge < -0.3 is 4.79 Å². The molecular weight excluding hydrogens is 179 g/mol. The Labute approximate surface area is 76.2 Å². The molecule has 0 N–H and O–H groups in total. The summed E-state index contributed by atoms with van der Waals surface area (Å²) in [6.45, 7) is 3.06. The Morgan fingerprint density at radius 1 is 1.25 bits per heavy atom. The van der Waals surface area contributed by atoms with Crippen LogP contribution in [0.15, 0.2) is 24.3 Å². The van der Waals surface area contributed by atoms with E-state index >= 15 is 0 Å². The molecule has 0 saturated heterocycles. The van der Waals surface area contributed by atoms with Crippen LogP contribution in [0.3, 0.4) is 0 Å². The van der Waals surface area contributed by atoms with Gasteiger partial charge in [-0.3, -0.25) is 0 Å². The highest BCUT2D eigenvalue weighted by molar-refractivity contribution is 6.30. The lowest BCUT2D eigenvalue weighted by atomic mass is 10.4. The Morgan fingerprint density at radius 2 is 1.58 bits per heavy atom. The van der Waals surface area contributed by atoms with Gasteiger partial charge in [-0.2, -0.15) is 0 Å². The molecule has 1 aromatic rings. The molecule has 1 rings (SSSR count). The highest BCUT2D eigenvalue weighted by Crippen LogP contribution is 2.07. The predicted octanol–water partition coefficient (Wildman–Crippen LogP) is 3.07. The smallest absolute Gasteiger partial charge is 0.126 e. The standard InChI is InChI=1S/C6H4ClF.C3H6O/c7-5-1-3-6(8)4-2-5;1-3(2)4/h1-4H;1-2H3. The number of carbonyl (C=O) groups is 1. The molecule has 0 aliphatic heterocycles. The lowest BCUT2D eigenvalue weighted by Gasteiger charge is -1.84. The molecule has 0 aromatic heterocycles. The minimum Gasteiger partial charge on any atom is -0.300 e. The van der Waals surface area contributed by atoms with Gasteiger partial charge in [0, 0.05) is 5.02 Å².